The van der Waals surface area contributed by atoms with Gasteiger partial charge in [0, 0.05) is 17.2 Å². The van der Waals surface area contributed by atoms with E-state index in [9.17, 15) is 0 Å². The number of fused-ring (bicyclic) bond motifs is 1. The smallest absolute Gasteiger partial charge is 0.162 e. The zero-order valence-electron chi connectivity index (χ0n) is 11.5. The number of rotatable bonds is 2. The van der Waals surface area contributed by atoms with Crippen molar-refractivity contribution in [2.45, 2.75) is 19.8 Å². The van der Waals surface area contributed by atoms with E-state index in [1.807, 2.05) is 24.3 Å². The third-order valence-corrected chi connectivity index (χ3v) is 3.37. The van der Waals surface area contributed by atoms with Gasteiger partial charge in [-0.15, -0.1) is 0 Å². The Morgan fingerprint density at radius 2 is 1.90 bits per heavy atom. The van der Waals surface area contributed by atoms with Crippen LogP contribution in [0.1, 0.15) is 25.6 Å². The van der Waals surface area contributed by atoms with Gasteiger partial charge in [0.25, 0.3) is 0 Å². The van der Waals surface area contributed by atoms with Crippen molar-refractivity contribution in [3.8, 4) is 22.8 Å². The number of hydrogen-bond acceptors (Lipinski definition) is 4. The minimum absolute atomic E-state index is 0.300. The van der Waals surface area contributed by atoms with E-state index < -0.39 is 0 Å². The molecular formula is C15H16N2O2S. The molecule has 104 valence electrons. The predicted octanol–water partition coefficient (Wildman–Crippen LogP) is 3.70. The van der Waals surface area contributed by atoms with Gasteiger partial charge in [-0.2, -0.15) is 0 Å². The highest BCUT2D eigenvalue weighted by Crippen LogP contribution is 2.34. The third-order valence-electron chi connectivity index (χ3n) is 3.16. The van der Waals surface area contributed by atoms with Gasteiger partial charge in [-0.1, -0.05) is 26.1 Å². The molecule has 5 heteroatoms. The van der Waals surface area contributed by atoms with Gasteiger partial charge in [0.1, 0.15) is 23.7 Å². The van der Waals surface area contributed by atoms with Crippen LogP contribution in [0.5, 0.6) is 11.5 Å². The first-order valence-electron chi connectivity index (χ1n) is 6.65. The Kier molecular flexibility index (Phi) is 3.44. The molecule has 1 aromatic heterocycles. The SMILES string of the molecule is CC(C)c1nc(=S)cc(-c2ccc3c(c2)OCCO3)[nH]1. The molecule has 2 heterocycles. The summed E-state index contributed by atoms with van der Waals surface area (Å²) in [6.07, 6.45) is 0. The Bertz CT molecular complexity index is 695. The van der Waals surface area contributed by atoms with Gasteiger partial charge in [0.2, 0.25) is 0 Å². The molecule has 0 saturated carbocycles. The second kappa shape index (κ2) is 5.25. The molecule has 20 heavy (non-hydrogen) atoms. The number of H-pyrrole nitrogens is 1. The molecule has 2 aromatic rings. The zero-order valence-corrected chi connectivity index (χ0v) is 12.3. The standard InChI is InChI=1S/C15H16N2O2S/c1-9(2)15-16-11(8-14(20)17-15)10-3-4-12-13(7-10)19-6-5-18-12/h3-4,7-9H,5-6H2,1-2H3,(H,16,17,20). The van der Waals surface area contributed by atoms with Crippen LogP contribution in [0.15, 0.2) is 24.3 Å². The lowest BCUT2D eigenvalue weighted by Crippen LogP contribution is -2.15. The lowest BCUT2D eigenvalue weighted by atomic mass is 10.1. The molecule has 0 radical (unpaired) electrons. The molecule has 0 aliphatic carbocycles. The number of benzene rings is 1. The van der Waals surface area contributed by atoms with E-state index in [0.29, 0.717) is 23.8 Å². The lowest BCUT2D eigenvalue weighted by Gasteiger charge is -2.19. The van der Waals surface area contributed by atoms with Crippen molar-refractivity contribution in [2.24, 2.45) is 0 Å². The summed E-state index contributed by atoms with van der Waals surface area (Å²) in [6.45, 7) is 5.35. The second-order valence-corrected chi connectivity index (χ2v) is 5.45. The summed E-state index contributed by atoms with van der Waals surface area (Å²) in [6, 6.07) is 7.76. The van der Waals surface area contributed by atoms with Crippen molar-refractivity contribution in [3.05, 3.63) is 34.7 Å². The third kappa shape index (κ3) is 2.54. The predicted molar refractivity (Wildman–Crippen MR) is 79.9 cm³/mol. The van der Waals surface area contributed by atoms with Gasteiger partial charge >= 0.3 is 0 Å². The summed E-state index contributed by atoms with van der Waals surface area (Å²) >= 11 is 5.24. The van der Waals surface area contributed by atoms with Crippen LogP contribution >= 0.6 is 12.2 Å². The van der Waals surface area contributed by atoms with Crippen molar-refractivity contribution in [1.29, 1.82) is 0 Å². The van der Waals surface area contributed by atoms with Crippen molar-refractivity contribution in [1.82, 2.24) is 9.97 Å². The van der Waals surface area contributed by atoms with Crippen molar-refractivity contribution < 1.29 is 9.47 Å². The Morgan fingerprint density at radius 3 is 2.65 bits per heavy atom. The molecule has 1 aliphatic heterocycles. The highest BCUT2D eigenvalue weighted by Gasteiger charge is 2.13. The molecule has 0 amide bonds. The summed E-state index contributed by atoms with van der Waals surface area (Å²) in [5.41, 5.74) is 1.97. The number of aromatic nitrogens is 2. The highest BCUT2D eigenvalue weighted by molar-refractivity contribution is 7.71. The average molecular weight is 288 g/mol. The number of nitrogens with zero attached hydrogens (tertiary/aromatic N) is 1. The molecular weight excluding hydrogens is 272 g/mol. The normalized spacial score (nSPS) is 13.6. The van der Waals surface area contributed by atoms with E-state index in [1.54, 1.807) is 0 Å². The first-order valence-corrected chi connectivity index (χ1v) is 7.05. The maximum Gasteiger partial charge on any atom is 0.162 e. The van der Waals surface area contributed by atoms with Crippen LogP contribution in [0, 0.1) is 4.64 Å². The molecule has 4 nitrogen and oxygen atoms in total. The summed E-state index contributed by atoms with van der Waals surface area (Å²) in [4.78, 5) is 7.68. The molecule has 0 unspecified atom stereocenters. The summed E-state index contributed by atoms with van der Waals surface area (Å²) < 4.78 is 11.7. The second-order valence-electron chi connectivity index (χ2n) is 5.03. The molecule has 1 N–H and O–H groups in total. The molecule has 1 aromatic carbocycles. The van der Waals surface area contributed by atoms with Crippen molar-refractivity contribution in [2.75, 3.05) is 13.2 Å². The molecule has 0 fully saturated rings. The van der Waals surface area contributed by atoms with Crippen LogP contribution in [0.25, 0.3) is 11.3 Å². The molecule has 0 atom stereocenters. The maximum absolute atomic E-state index is 5.61. The monoisotopic (exact) mass is 288 g/mol. The number of aromatic amines is 1. The number of ether oxygens (including phenoxy) is 2. The van der Waals surface area contributed by atoms with Gasteiger partial charge in [-0.05, 0) is 24.3 Å². The topological polar surface area (TPSA) is 47.1 Å². The minimum atomic E-state index is 0.300. The zero-order chi connectivity index (χ0) is 14.1. The molecule has 0 saturated heterocycles. The minimum Gasteiger partial charge on any atom is -0.486 e. The number of nitrogens with one attached hydrogen (secondary N) is 1. The van der Waals surface area contributed by atoms with Crippen molar-refractivity contribution >= 4 is 12.2 Å². The molecule has 1 aliphatic rings. The highest BCUT2D eigenvalue weighted by atomic mass is 32.1. The summed E-state index contributed by atoms with van der Waals surface area (Å²) in [7, 11) is 0. The Hall–Kier alpha value is -1.88. The van der Waals surface area contributed by atoms with E-state index in [2.05, 4.69) is 23.8 Å². The van der Waals surface area contributed by atoms with E-state index >= 15 is 0 Å². The van der Waals surface area contributed by atoms with Crippen LogP contribution < -0.4 is 9.47 Å². The molecule has 3 rings (SSSR count). The van der Waals surface area contributed by atoms with Gasteiger partial charge in [0.15, 0.2) is 11.5 Å². The van der Waals surface area contributed by atoms with Crippen LogP contribution in [0.2, 0.25) is 0 Å². The number of hydrogen-bond donors (Lipinski definition) is 1. The summed E-state index contributed by atoms with van der Waals surface area (Å²) in [5, 5.41) is 0. The first kappa shape index (κ1) is 13.1. The summed E-state index contributed by atoms with van der Waals surface area (Å²) in [5.74, 6) is 2.75. The largest absolute Gasteiger partial charge is 0.486 e. The molecule has 0 bridgehead atoms. The average Bonchev–Trinajstić information content (AvgIpc) is 2.46. The fourth-order valence-electron chi connectivity index (χ4n) is 2.12. The van der Waals surface area contributed by atoms with Gasteiger partial charge in [0.05, 0.1) is 0 Å². The van der Waals surface area contributed by atoms with Gasteiger partial charge < -0.3 is 14.5 Å². The quantitative estimate of drug-likeness (QED) is 0.856. The Morgan fingerprint density at radius 1 is 1.15 bits per heavy atom. The van der Waals surface area contributed by atoms with Crippen LogP contribution in [-0.4, -0.2) is 23.2 Å². The fraction of sp³-hybridized carbons (Fsp3) is 0.333. The van der Waals surface area contributed by atoms with E-state index in [0.717, 1.165) is 28.6 Å². The Balaban J connectivity index is 2.06. The van der Waals surface area contributed by atoms with Crippen molar-refractivity contribution in [3.63, 3.8) is 0 Å². The van der Waals surface area contributed by atoms with E-state index in [4.69, 9.17) is 21.7 Å². The van der Waals surface area contributed by atoms with E-state index in [1.165, 1.54) is 0 Å². The fourth-order valence-corrected chi connectivity index (χ4v) is 2.33. The molecule has 0 spiro atoms. The van der Waals surface area contributed by atoms with Crippen LogP contribution in [0.3, 0.4) is 0 Å². The maximum atomic E-state index is 5.61. The van der Waals surface area contributed by atoms with Gasteiger partial charge in [-0.3, -0.25) is 0 Å². The van der Waals surface area contributed by atoms with Crippen LogP contribution in [0.4, 0.5) is 0 Å². The lowest BCUT2D eigenvalue weighted by molar-refractivity contribution is 0.171. The Labute approximate surface area is 122 Å². The van der Waals surface area contributed by atoms with Gasteiger partial charge in [-0.25, -0.2) is 4.98 Å². The van der Waals surface area contributed by atoms with Crippen LogP contribution in [-0.2, 0) is 0 Å². The first-order chi connectivity index (χ1) is 9.63. The van der Waals surface area contributed by atoms with E-state index in [-0.39, 0.29) is 0 Å².